The van der Waals surface area contributed by atoms with E-state index in [1.165, 1.54) is 19.1 Å². The average molecular weight is 314 g/mol. The van der Waals surface area contributed by atoms with Crippen molar-refractivity contribution in [3.8, 4) is 0 Å². The Morgan fingerprint density at radius 2 is 1.81 bits per heavy atom. The van der Waals surface area contributed by atoms with Crippen molar-refractivity contribution >= 4 is 11.6 Å². The number of aryl methyl sites for hydroxylation is 1. The number of benzene rings is 2. The van der Waals surface area contributed by atoms with Crippen LogP contribution in [0.4, 0.5) is 13.2 Å². The Morgan fingerprint density at radius 1 is 1.10 bits per heavy atom. The second kappa shape index (κ2) is 6.50. The Kier molecular flexibility index (Phi) is 4.91. The molecule has 5 heteroatoms. The molecule has 2 aromatic carbocycles. The Morgan fingerprint density at radius 3 is 2.48 bits per heavy atom. The normalized spacial score (nSPS) is 12.5. The van der Waals surface area contributed by atoms with Gasteiger partial charge in [0.25, 0.3) is 0 Å². The van der Waals surface area contributed by atoms with Gasteiger partial charge in [0.1, 0.15) is 17.5 Å². The first-order chi connectivity index (χ1) is 9.95. The first kappa shape index (κ1) is 15.9. The largest absolute Gasteiger partial charge is 0.306 e. The summed E-state index contributed by atoms with van der Waals surface area (Å²) in [5.74, 6) is -1.75. The molecular formula is C16H15ClF3N. The predicted molar refractivity (Wildman–Crippen MR) is 78.0 cm³/mol. The van der Waals surface area contributed by atoms with Crippen LogP contribution in [0.25, 0.3) is 0 Å². The summed E-state index contributed by atoms with van der Waals surface area (Å²) in [5, 5.41) is 2.91. The van der Waals surface area contributed by atoms with Crippen molar-refractivity contribution in [1.29, 1.82) is 0 Å². The van der Waals surface area contributed by atoms with Gasteiger partial charge in [-0.25, -0.2) is 13.2 Å². The van der Waals surface area contributed by atoms with Crippen LogP contribution in [0.3, 0.4) is 0 Å². The molecule has 112 valence electrons. The Balaban J connectivity index is 2.59. The van der Waals surface area contributed by atoms with Crippen molar-refractivity contribution in [3.63, 3.8) is 0 Å². The topological polar surface area (TPSA) is 12.0 Å². The lowest BCUT2D eigenvalue weighted by atomic mass is 9.96. The molecule has 0 aliphatic heterocycles. The summed E-state index contributed by atoms with van der Waals surface area (Å²) in [6, 6.07) is 5.90. The van der Waals surface area contributed by atoms with E-state index in [-0.39, 0.29) is 21.7 Å². The van der Waals surface area contributed by atoms with E-state index in [2.05, 4.69) is 5.32 Å². The second-order valence-corrected chi connectivity index (χ2v) is 5.16. The van der Waals surface area contributed by atoms with Gasteiger partial charge in [0.05, 0.1) is 11.1 Å². The molecule has 0 fully saturated rings. The molecule has 0 amide bonds. The number of rotatable bonds is 4. The van der Waals surface area contributed by atoms with Gasteiger partial charge in [0.15, 0.2) is 0 Å². The Labute approximate surface area is 126 Å². The van der Waals surface area contributed by atoms with Crippen LogP contribution in [-0.4, -0.2) is 6.54 Å². The zero-order valence-electron chi connectivity index (χ0n) is 11.7. The van der Waals surface area contributed by atoms with Crippen LogP contribution >= 0.6 is 11.6 Å². The zero-order valence-corrected chi connectivity index (χ0v) is 12.4. The predicted octanol–water partition coefficient (Wildman–Crippen LogP) is 4.76. The van der Waals surface area contributed by atoms with Crippen molar-refractivity contribution in [3.05, 3.63) is 69.5 Å². The quantitative estimate of drug-likeness (QED) is 0.857. The Bertz CT molecular complexity index is 658. The van der Waals surface area contributed by atoms with Gasteiger partial charge in [-0.1, -0.05) is 30.7 Å². The molecule has 1 nitrogen and oxygen atoms in total. The zero-order chi connectivity index (χ0) is 15.6. The van der Waals surface area contributed by atoms with Crippen LogP contribution in [0.15, 0.2) is 30.3 Å². The highest BCUT2D eigenvalue weighted by molar-refractivity contribution is 6.30. The smallest absolute Gasteiger partial charge is 0.146 e. The molecule has 2 aromatic rings. The molecule has 0 spiro atoms. The number of hydrogen-bond donors (Lipinski definition) is 1. The van der Waals surface area contributed by atoms with E-state index >= 15 is 0 Å². The van der Waals surface area contributed by atoms with E-state index in [1.54, 1.807) is 13.0 Å². The lowest BCUT2D eigenvalue weighted by Gasteiger charge is -2.21. The van der Waals surface area contributed by atoms with E-state index in [0.717, 1.165) is 12.1 Å². The summed E-state index contributed by atoms with van der Waals surface area (Å²) < 4.78 is 42.1. The lowest BCUT2D eigenvalue weighted by molar-refractivity contribution is 0.521. The van der Waals surface area contributed by atoms with Crippen LogP contribution in [0.1, 0.15) is 29.7 Å². The van der Waals surface area contributed by atoms with Gasteiger partial charge in [-0.3, -0.25) is 0 Å². The van der Waals surface area contributed by atoms with Gasteiger partial charge in [0.2, 0.25) is 0 Å². The maximum absolute atomic E-state index is 14.2. The molecule has 0 bridgehead atoms. The molecule has 1 unspecified atom stereocenters. The molecule has 0 saturated heterocycles. The molecule has 0 aliphatic carbocycles. The highest BCUT2D eigenvalue weighted by Gasteiger charge is 2.22. The highest BCUT2D eigenvalue weighted by atomic mass is 35.5. The minimum absolute atomic E-state index is 0.0524. The van der Waals surface area contributed by atoms with Gasteiger partial charge in [-0.05, 0) is 37.2 Å². The fraction of sp³-hybridized carbons (Fsp3) is 0.250. The molecule has 0 aromatic heterocycles. The molecule has 0 aliphatic rings. The van der Waals surface area contributed by atoms with Crippen LogP contribution in [0.2, 0.25) is 5.02 Å². The van der Waals surface area contributed by atoms with Crippen molar-refractivity contribution < 1.29 is 13.2 Å². The first-order valence-corrected chi connectivity index (χ1v) is 6.96. The molecule has 1 N–H and O–H groups in total. The first-order valence-electron chi connectivity index (χ1n) is 6.58. The summed E-state index contributed by atoms with van der Waals surface area (Å²) in [4.78, 5) is 0. The van der Waals surface area contributed by atoms with Crippen molar-refractivity contribution in [2.24, 2.45) is 0 Å². The van der Waals surface area contributed by atoms with Gasteiger partial charge in [-0.2, -0.15) is 0 Å². The van der Waals surface area contributed by atoms with Crippen molar-refractivity contribution in [1.82, 2.24) is 5.32 Å². The van der Waals surface area contributed by atoms with Gasteiger partial charge < -0.3 is 5.32 Å². The molecule has 0 radical (unpaired) electrons. The molecular weight excluding hydrogens is 299 g/mol. The van der Waals surface area contributed by atoms with Crippen molar-refractivity contribution in [2.75, 3.05) is 6.54 Å². The summed E-state index contributed by atoms with van der Waals surface area (Å²) in [7, 11) is 0. The lowest BCUT2D eigenvalue weighted by Crippen LogP contribution is -2.24. The number of hydrogen-bond acceptors (Lipinski definition) is 1. The summed E-state index contributed by atoms with van der Waals surface area (Å²) in [5.41, 5.74) is 0.450. The fourth-order valence-corrected chi connectivity index (χ4v) is 2.40. The maximum Gasteiger partial charge on any atom is 0.146 e. The molecule has 1 atom stereocenters. The van der Waals surface area contributed by atoms with Gasteiger partial charge in [-0.15, -0.1) is 0 Å². The van der Waals surface area contributed by atoms with Crippen molar-refractivity contribution in [2.45, 2.75) is 19.9 Å². The SMILES string of the molecule is CCNC(c1cc(F)c(C)cc1F)c1cccc(Cl)c1F. The minimum atomic E-state index is -0.802. The minimum Gasteiger partial charge on any atom is -0.306 e. The van der Waals surface area contributed by atoms with E-state index < -0.39 is 23.5 Å². The second-order valence-electron chi connectivity index (χ2n) is 4.76. The van der Waals surface area contributed by atoms with E-state index in [4.69, 9.17) is 11.6 Å². The molecule has 2 rings (SSSR count). The van der Waals surface area contributed by atoms with E-state index in [0.29, 0.717) is 6.54 Å². The summed E-state index contributed by atoms with van der Waals surface area (Å²) in [6.45, 7) is 3.74. The monoisotopic (exact) mass is 313 g/mol. The summed E-state index contributed by atoms with van der Waals surface area (Å²) in [6.07, 6.45) is 0. The number of nitrogens with one attached hydrogen (secondary N) is 1. The van der Waals surface area contributed by atoms with Crippen LogP contribution in [-0.2, 0) is 0 Å². The van der Waals surface area contributed by atoms with Gasteiger partial charge in [0, 0.05) is 11.1 Å². The third-order valence-electron chi connectivity index (χ3n) is 3.29. The molecule has 0 saturated carbocycles. The fourth-order valence-electron chi connectivity index (χ4n) is 2.22. The third kappa shape index (κ3) is 3.22. The van der Waals surface area contributed by atoms with Gasteiger partial charge >= 0.3 is 0 Å². The molecule has 0 heterocycles. The third-order valence-corrected chi connectivity index (χ3v) is 3.58. The Hall–Kier alpha value is -1.52. The van der Waals surface area contributed by atoms with Crippen LogP contribution in [0, 0.1) is 24.4 Å². The van der Waals surface area contributed by atoms with E-state index in [9.17, 15) is 13.2 Å². The standard InChI is InChI=1S/C16H15ClF3N/c1-3-21-16(10-5-4-6-12(17)15(10)20)11-8-13(18)9(2)7-14(11)19/h4-8,16,21H,3H2,1-2H3. The van der Waals surface area contributed by atoms with E-state index in [1.807, 2.05) is 0 Å². The average Bonchev–Trinajstić information content (AvgIpc) is 2.44. The highest BCUT2D eigenvalue weighted by Crippen LogP contribution is 2.30. The number of halogens is 4. The van der Waals surface area contributed by atoms with Crippen LogP contribution in [0.5, 0.6) is 0 Å². The maximum atomic E-state index is 14.2. The molecule has 21 heavy (non-hydrogen) atoms. The summed E-state index contributed by atoms with van der Waals surface area (Å²) >= 11 is 5.77. The van der Waals surface area contributed by atoms with Crippen LogP contribution < -0.4 is 5.32 Å².